The van der Waals surface area contributed by atoms with Gasteiger partial charge in [-0.3, -0.25) is 23.9 Å². The molecule has 4 aromatic rings. The molecule has 15 heteroatoms. The Morgan fingerprint density at radius 3 is 2.67 bits per heavy atom. The smallest absolute Gasteiger partial charge is 0.263 e. The van der Waals surface area contributed by atoms with Gasteiger partial charge in [-0.25, -0.2) is 14.4 Å². The maximum Gasteiger partial charge on any atom is 0.263 e. The van der Waals surface area contributed by atoms with Crippen LogP contribution in [0, 0.1) is 11.8 Å². The van der Waals surface area contributed by atoms with Crippen molar-refractivity contribution in [2.75, 3.05) is 36.4 Å². The topological polar surface area (TPSA) is 152 Å². The zero-order valence-corrected chi connectivity index (χ0v) is 25.4. The largest absolute Gasteiger partial charge is 0.504 e. The molecule has 2 aliphatic rings. The molecule has 1 aromatic carbocycles. The fourth-order valence-corrected chi connectivity index (χ4v) is 6.28. The van der Waals surface area contributed by atoms with Crippen LogP contribution in [-0.4, -0.2) is 73.1 Å². The molecule has 1 atom stereocenters. The summed E-state index contributed by atoms with van der Waals surface area (Å²) in [5.41, 5.74) is 4.96. The molecule has 12 nitrogen and oxygen atoms in total. The summed E-state index contributed by atoms with van der Waals surface area (Å²) in [6, 6.07) is 3.73. The number of aryl methyl sites for hydroxylation is 1. The first kappa shape index (κ1) is 30.5. The van der Waals surface area contributed by atoms with Crippen molar-refractivity contribution in [2.45, 2.75) is 45.8 Å². The van der Waals surface area contributed by atoms with Gasteiger partial charge in [0.1, 0.15) is 28.9 Å². The highest BCUT2D eigenvalue weighted by atomic mass is 35.5. The zero-order valence-electron chi connectivity index (χ0n) is 24.6. The molecule has 0 aliphatic carbocycles. The fourth-order valence-electron chi connectivity index (χ4n) is 6.14. The van der Waals surface area contributed by atoms with Gasteiger partial charge in [-0.1, -0.05) is 18.5 Å². The third kappa shape index (κ3) is 5.48. The molecule has 4 N–H and O–H groups in total. The number of aromatic nitrogens is 4. The summed E-state index contributed by atoms with van der Waals surface area (Å²) in [4.78, 5) is 51.8. The Morgan fingerprint density at radius 1 is 1.18 bits per heavy atom. The molecule has 236 valence electrons. The number of carbonyl (C=O) groups is 2. The molecule has 0 unspecified atom stereocenters. The van der Waals surface area contributed by atoms with Gasteiger partial charge >= 0.3 is 0 Å². The van der Waals surface area contributed by atoms with Crippen molar-refractivity contribution in [3.05, 3.63) is 62.9 Å². The number of pyridine rings is 1. The molecule has 1 saturated heterocycles. The lowest BCUT2D eigenvalue weighted by molar-refractivity contribution is -0.116. The zero-order chi connectivity index (χ0) is 32.2. The van der Waals surface area contributed by atoms with Crippen LogP contribution in [-0.2, 0) is 24.3 Å². The molecule has 2 aliphatic heterocycles. The predicted molar refractivity (Wildman–Crippen MR) is 165 cm³/mol. The van der Waals surface area contributed by atoms with E-state index in [2.05, 4.69) is 27.1 Å². The van der Waals surface area contributed by atoms with E-state index >= 15 is 0 Å². The third-order valence-electron chi connectivity index (χ3n) is 8.42. The van der Waals surface area contributed by atoms with E-state index in [1.807, 2.05) is 11.8 Å². The monoisotopic (exact) mass is 640 g/mol. The lowest BCUT2D eigenvalue weighted by Gasteiger charge is -2.40. The van der Waals surface area contributed by atoms with Crippen LogP contribution in [0.3, 0.4) is 0 Å². The van der Waals surface area contributed by atoms with Crippen LogP contribution < -0.4 is 21.5 Å². The Bertz CT molecular complexity index is 1930. The molecular weight excluding hydrogens is 610 g/mol. The van der Waals surface area contributed by atoms with E-state index in [4.69, 9.17) is 17.3 Å². The van der Waals surface area contributed by atoms with E-state index < -0.39 is 40.5 Å². The van der Waals surface area contributed by atoms with Gasteiger partial charge in [0.15, 0.2) is 11.6 Å². The number of anilines is 2. The second kappa shape index (κ2) is 11.7. The molecular formula is C30H31ClF2N8O4. The lowest BCUT2D eigenvalue weighted by atomic mass is 10.0. The molecule has 5 heterocycles. The van der Waals surface area contributed by atoms with Crippen molar-refractivity contribution < 1.29 is 23.5 Å². The van der Waals surface area contributed by atoms with E-state index in [9.17, 15) is 28.3 Å². The number of phenols is 1. The minimum atomic E-state index is -1.11. The summed E-state index contributed by atoms with van der Waals surface area (Å²) in [5, 5.41) is 12.4. The average Bonchev–Trinajstić information content (AvgIpc) is 3.62. The van der Waals surface area contributed by atoms with Gasteiger partial charge in [0.05, 0.1) is 16.6 Å². The van der Waals surface area contributed by atoms with Crippen molar-refractivity contribution in [1.82, 2.24) is 24.0 Å². The van der Waals surface area contributed by atoms with Gasteiger partial charge in [0, 0.05) is 56.5 Å². The number of halogens is 3. The molecule has 1 fully saturated rings. The number of hydrogen-bond acceptors (Lipinski definition) is 8. The molecule has 45 heavy (non-hydrogen) atoms. The molecule has 0 spiro atoms. The summed E-state index contributed by atoms with van der Waals surface area (Å²) in [6.07, 6.45) is 2.70. The maximum absolute atomic E-state index is 14.9. The van der Waals surface area contributed by atoms with Crippen molar-refractivity contribution >= 4 is 46.0 Å². The van der Waals surface area contributed by atoms with Gasteiger partial charge in [0.25, 0.3) is 11.5 Å². The third-order valence-corrected chi connectivity index (χ3v) is 8.78. The minimum absolute atomic E-state index is 0.0339. The molecule has 0 bridgehead atoms. The van der Waals surface area contributed by atoms with Crippen molar-refractivity contribution in [3.8, 4) is 16.9 Å². The van der Waals surface area contributed by atoms with E-state index in [0.29, 0.717) is 37.6 Å². The van der Waals surface area contributed by atoms with Gasteiger partial charge in [-0.05, 0) is 37.6 Å². The number of benzene rings is 1. The number of fused-ring (bicyclic) bond motifs is 2. The van der Waals surface area contributed by atoms with E-state index in [1.165, 1.54) is 27.5 Å². The fraction of sp³-hybridized carbons (Fsp3) is 0.367. The summed E-state index contributed by atoms with van der Waals surface area (Å²) in [7, 11) is 0. The first-order valence-corrected chi connectivity index (χ1v) is 14.9. The highest BCUT2D eigenvalue weighted by Crippen LogP contribution is 2.34. The van der Waals surface area contributed by atoms with Crippen molar-refractivity contribution in [3.63, 3.8) is 0 Å². The quantitative estimate of drug-likeness (QED) is 0.261. The number of nitrogens with one attached hydrogen (secondary N) is 1. The van der Waals surface area contributed by atoms with Gasteiger partial charge in [-0.15, -0.1) is 0 Å². The molecule has 6 rings (SSSR count). The Morgan fingerprint density at radius 2 is 1.96 bits per heavy atom. The van der Waals surface area contributed by atoms with Crippen LogP contribution in [0.4, 0.5) is 20.3 Å². The summed E-state index contributed by atoms with van der Waals surface area (Å²) in [5.74, 6) is -3.72. The minimum Gasteiger partial charge on any atom is -0.504 e. The average molecular weight is 641 g/mol. The molecule has 0 saturated carbocycles. The maximum atomic E-state index is 14.9. The van der Waals surface area contributed by atoms with Crippen molar-refractivity contribution in [1.29, 1.82) is 0 Å². The second-order valence-corrected chi connectivity index (χ2v) is 11.7. The Balaban J connectivity index is 1.37. The van der Waals surface area contributed by atoms with Crippen LogP contribution in [0.2, 0.25) is 5.02 Å². The lowest BCUT2D eigenvalue weighted by Crippen LogP contribution is -2.52. The van der Waals surface area contributed by atoms with Crippen LogP contribution in [0.25, 0.3) is 22.2 Å². The first-order chi connectivity index (χ1) is 21.5. The predicted octanol–water partition coefficient (Wildman–Crippen LogP) is 3.11. The standard InChI is InChI=1S/C30H31ClF2N8O4/c1-3-38-7-8-40(15(2)12-38)22-11-20(25(31)27(33)36-22)35-23(42)14-39-13-18(16-9-17(28(34)44)26(43)19(32)10-16)24-29(39)37-21-5-4-6-41(21)30(24)45/h9-11,13,15,43H,3-8,12,14H2,1-2H3,(H2,34,44)(H,35,36,42)/t15-/m0/s1. The molecule has 2 amide bonds. The Kier molecular flexibility index (Phi) is 7.95. The van der Waals surface area contributed by atoms with Gasteiger partial charge in [-0.2, -0.15) is 4.39 Å². The van der Waals surface area contributed by atoms with Crippen molar-refractivity contribution in [2.24, 2.45) is 5.73 Å². The van der Waals surface area contributed by atoms with Crippen LogP contribution >= 0.6 is 11.6 Å². The number of nitrogens with zero attached hydrogens (tertiary/aromatic N) is 6. The van der Waals surface area contributed by atoms with Crippen LogP contribution in [0.5, 0.6) is 5.75 Å². The summed E-state index contributed by atoms with van der Waals surface area (Å²) >= 11 is 6.23. The van der Waals surface area contributed by atoms with Crippen LogP contribution in [0.15, 0.2) is 29.2 Å². The number of aromatic hydroxyl groups is 1. The number of nitrogens with two attached hydrogens (primary N) is 1. The van der Waals surface area contributed by atoms with Gasteiger partial charge in [0.2, 0.25) is 11.9 Å². The number of primary amides is 1. The van der Waals surface area contributed by atoms with Crippen LogP contribution in [0.1, 0.15) is 36.5 Å². The Hall–Kier alpha value is -4.56. The van der Waals surface area contributed by atoms with E-state index in [-0.39, 0.29) is 45.5 Å². The number of amides is 2. The van der Waals surface area contributed by atoms with Gasteiger partial charge < -0.3 is 25.6 Å². The SMILES string of the molecule is CCN1CCN(c2cc(NC(=O)Cn3cc(-c4cc(F)c(O)c(C(N)=O)c4)c4c(=O)n5c(nc43)CCC5)c(Cl)c(F)n2)[C@@H](C)C1. The van der Waals surface area contributed by atoms with E-state index in [0.717, 1.165) is 25.7 Å². The number of piperazine rings is 1. The number of carbonyl (C=O) groups excluding carboxylic acids is 2. The summed E-state index contributed by atoms with van der Waals surface area (Å²) < 4.78 is 32.5. The first-order valence-electron chi connectivity index (χ1n) is 14.6. The molecule has 3 aromatic heterocycles. The normalized spacial score (nSPS) is 16.7. The Labute approximate surface area is 261 Å². The highest BCUT2D eigenvalue weighted by molar-refractivity contribution is 6.33. The number of likely N-dealkylation sites (N-methyl/N-ethyl adjacent to an activating group) is 1. The number of rotatable bonds is 7. The second-order valence-electron chi connectivity index (χ2n) is 11.3. The number of hydrogen-bond donors (Lipinski definition) is 3. The highest BCUT2D eigenvalue weighted by Gasteiger charge is 2.27. The van der Waals surface area contributed by atoms with E-state index in [1.54, 1.807) is 0 Å². The molecule has 0 radical (unpaired) electrons. The summed E-state index contributed by atoms with van der Waals surface area (Å²) in [6.45, 7) is 7.24.